The first-order chi connectivity index (χ1) is 9.36. The Bertz CT molecular complexity index is 643. The van der Waals surface area contributed by atoms with Crippen molar-refractivity contribution in [3.8, 4) is 0 Å². The third-order valence-electron chi connectivity index (χ3n) is 2.50. The molecule has 0 aliphatic carbocycles. The van der Waals surface area contributed by atoms with E-state index in [-0.39, 0.29) is 0 Å². The Morgan fingerprint density at radius 3 is 3.05 bits per heavy atom. The minimum Gasteiger partial charge on any atom is -0.329 e. The molecule has 2 N–H and O–H groups in total. The largest absolute Gasteiger partial charge is 0.329 e. The molecule has 19 heavy (non-hydrogen) atoms. The van der Waals surface area contributed by atoms with E-state index < -0.39 is 0 Å². The lowest BCUT2D eigenvalue weighted by Gasteiger charge is -2.00. The van der Waals surface area contributed by atoms with Gasteiger partial charge >= 0.3 is 0 Å². The van der Waals surface area contributed by atoms with Gasteiger partial charge < -0.3 is 5.73 Å². The van der Waals surface area contributed by atoms with Crippen molar-refractivity contribution in [1.82, 2.24) is 25.2 Å². The number of aromatic nitrogens is 5. The maximum Gasteiger partial charge on any atom is 0.209 e. The molecule has 6 nitrogen and oxygen atoms in total. The predicted molar refractivity (Wildman–Crippen MR) is 76.1 cm³/mol. The van der Waals surface area contributed by atoms with Crippen LogP contribution < -0.4 is 5.73 Å². The van der Waals surface area contributed by atoms with Gasteiger partial charge in [-0.25, -0.2) is 9.67 Å². The molecule has 0 amide bonds. The highest BCUT2D eigenvalue weighted by Crippen LogP contribution is 2.27. The Labute approximate surface area is 118 Å². The monoisotopic (exact) mass is 292 g/mol. The van der Waals surface area contributed by atoms with E-state index in [4.69, 9.17) is 5.73 Å². The number of benzene rings is 1. The van der Waals surface area contributed by atoms with Gasteiger partial charge in [-0.2, -0.15) is 0 Å². The third kappa shape index (κ3) is 2.75. The lowest BCUT2D eigenvalue weighted by molar-refractivity contribution is 0.557. The van der Waals surface area contributed by atoms with Crippen molar-refractivity contribution in [3.63, 3.8) is 0 Å². The molecule has 2 heterocycles. The number of rotatable bonds is 5. The second kappa shape index (κ2) is 5.64. The summed E-state index contributed by atoms with van der Waals surface area (Å²) in [6, 6.07) is 8.14. The smallest absolute Gasteiger partial charge is 0.209 e. The van der Waals surface area contributed by atoms with Gasteiger partial charge in [0.25, 0.3) is 0 Å². The molecule has 0 saturated carbocycles. The summed E-state index contributed by atoms with van der Waals surface area (Å²) in [5.74, 6) is 0.768. The first kappa shape index (κ1) is 12.5. The van der Waals surface area contributed by atoms with Crippen LogP contribution in [0.1, 0.15) is 5.01 Å². The summed E-state index contributed by atoms with van der Waals surface area (Å²) < 4.78 is 2.93. The molecule has 0 aliphatic heterocycles. The molecule has 0 bridgehead atoms. The van der Waals surface area contributed by atoms with Gasteiger partial charge in [0, 0.05) is 6.54 Å². The number of thiazole rings is 1. The number of fused-ring (bicyclic) bond motifs is 1. The summed E-state index contributed by atoms with van der Waals surface area (Å²) in [5.41, 5.74) is 6.56. The van der Waals surface area contributed by atoms with Gasteiger partial charge in [0.2, 0.25) is 5.16 Å². The molecule has 0 aliphatic rings. The molecular weight excluding hydrogens is 280 g/mol. The average molecular weight is 292 g/mol. The third-order valence-corrected chi connectivity index (χ3v) is 4.69. The highest BCUT2D eigenvalue weighted by molar-refractivity contribution is 7.98. The Morgan fingerprint density at radius 1 is 1.32 bits per heavy atom. The van der Waals surface area contributed by atoms with Crippen LogP contribution in [0, 0.1) is 0 Å². The van der Waals surface area contributed by atoms with Crippen molar-refractivity contribution < 1.29 is 0 Å². The molecule has 0 saturated heterocycles. The van der Waals surface area contributed by atoms with Crippen LogP contribution in [-0.2, 0) is 12.3 Å². The first-order valence-electron chi connectivity index (χ1n) is 5.80. The number of thioether (sulfide) groups is 1. The van der Waals surface area contributed by atoms with Crippen molar-refractivity contribution in [3.05, 3.63) is 29.3 Å². The van der Waals surface area contributed by atoms with Crippen molar-refractivity contribution in [2.45, 2.75) is 17.5 Å². The summed E-state index contributed by atoms with van der Waals surface area (Å²) >= 11 is 3.29. The molecule has 8 heteroatoms. The lowest BCUT2D eigenvalue weighted by atomic mass is 10.3. The molecule has 0 spiro atoms. The van der Waals surface area contributed by atoms with Crippen LogP contribution >= 0.6 is 23.1 Å². The van der Waals surface area contributed by atoms with Gasteiger partial charge in [-0.05, 0) is 22.6 Å². The number of nitrogens with zero attached hydrogens (tertiary/aromatic N) is 5. The molecule has 3 rings (SSSR count). The maximum atomic E-state index is 5.51. The van der Waals surface area contributed by atoms with E-state index in [0.29, 0.717) is 13.1 Å². The molecule has 98 valence electrons. The fourth-order valence-electron chi connectivity index (χ4n) is 1.67. The second-order valence-electron chi connectivity index (χ2n) is 3.84. The number of tetrazole rings is 1. The Morgan fingerprint density at radius 2 is 2.21 bits per heavy atom. The Kier molecular flexibility index (Phi) is 3.72. The van der Waals surface area contributed by atoms with E-state index in [1.54, 1.807) is 27.8 Å². The summed E-state index contributed by atoms with van der Waals surface area (Å²) in [4.78, 5) is 4.58. The van der Waals surface area contributed by atoms with E-state index >= 15 is 0 Å². The summed E-state index contributed by atoms with van der Waals surface area (Å²) in [6.45, 7) is 1.16. The maximum absolute atomic E-state index is 5.51. The second-order valence-corrected chi connectivity index (χ2v) is 5.89. The lowest BCUT2D eigenvalue weighted by Crippen LogP contribution is -2.12. The highest BCUT2D eigenvalue weighted by Gasteiger charge is 2.09. The van der Waals surface area contributed by atoms with Crippen LogP contribution in [0.25, 0.3) is 10.2 Å². The van der Waals surface area contributed by atoms with Crippen LogP contribution in [-0.4, -0.2) is 31.7 Å². The van der Waals surface area contributed by atoms with Crippen LogP contribution in [0.3, 0.4) is 0 Å². The van der Waals surface area contributed by atoms with E-state index in [1.807, 2.05) is 18.2 Å². The summed E-state index contributed by atoms with van der Waals surface area (Å²) in [6.07, 6.45) is 0. The summed E-state index contributed by atoms with van der Waals surface area (Å²) in [7, 11) is 0. The molecule has 2 aromatic heterocycles. The Hall–Kier alpha value is -1.51. The van der Waals surface area contributed by atoms with E-state index in [2.05, 4.69) is 26.6 Å². The Balaban J connectivity index is 1.73. The SMILES string of the molecule is NCCn1nnnc1SCc1nc2ccccc2s1. The first-order valence-corrected chi connectivity index (χ1v) is 7.60. The number of para-hydroxylation sites is 1. The van der Waals surface area contributed by atoms with Gasteiger partial charge in [-0.1, -0.05) is 23.9 Å². The van der Waals surface area contributed by atoms with Gasteiger partial charge in [-0.15, -0.1) is 16.4 Å². The van der Waals surface area contributed by atoms with Gasteiger partial charge in [0.15, 0.2) is 0 Å². The minimum atomic E-state index is 0.528. The van der Waals surface area contributed by atoms with Crippen molar-refractivity contribution >= 4 is 33.3 Å². The van der Waals surface area contributed by atoms with E-state index in [0.717, 1.165) is 21.4 Å². The molecule has 1 aromatic carbocycles. The quantitative estimate of drug-likeness (QED) is 0.718. The van der Waals surface area contributed by atoms with Crippen molar-refractivity contribution in [1.29, 1.82) is 0 Å². The summed E-state index contributed by atoms with van der Waals surface area (Å²) in [5, 5.41) is 13.4. The number of nitrogens with two attached hydrogens (primary N) is 1. The highest BCUT2D eigenvalue weighted by atomic mass is 32.2. The molecule has 0 unspecified atom stereocenters. The fourth-order valence-corrected chi connectivity index (χ4v) is 3.53. The van der Waals surface area contributed by atoms with Crippen LogP contribution in [0.5, 0.6) is 0 Å². The van der Waals surface area contributed by atoms with Crippen molar-refractivity contribution in [2.24, 2.45) is 5.73 Å². The van der Waals surface area contributed by atoms with Crippen LogP contribution in [0.4, 0.5) is 0 Å². The molecule has 0 atom stereocenters. The number of hydrogen-bond donors (Lipinski definition) is 1. The van der Waals surface area contributed by atoms with Crippen LogP contribution in [0.2, 0.25) is 0 Å². The van der Waals surface area contributed by atoms with E-state index in [9.17, 15) is 0 Å². The average Bonchev–Trinajstić information content (AvgIpc) is 3.02. The predicted octanol–water partition coefficient (Wildman–Crippen LogP) is 1.53. The van der Waals surface area contributed by atoms with Gasteiger partial charge in [0.05, 0.1) is 22.5 Å². The minimum absolute atomic E-state index is 0.528. The van der Waals surface area contributed by atoms with Gasteiger partial charge in [-0.3, -0.25) is 0 Å². The van der Waals surface area contributed by atoms with E-state index in [1.165, 1.54) is 4.70 Å². The zero-order valence-corrected chi connectivity index (χ0v) is 11.7. The fraction of sp³-hybridized carbons (Fsp3) is 0.273. The molecule has 0 radical (unpaired) electrons. The number of hydrogen-bond acceptors (Lipinski definition) is 7. The van der Waals surface area contributed by atoms with Crippen LogP contribution in [0.15, 0.2) is 29.4 Å². The normalized spacial score (nSPS) is 11.2. The molecule has 3 aromatic rings. The van der Waals surface area contributed by atoms with Gasteiger partial charge in [0.1, 0.15) is 5.01 Å². The molecular formula is C11H12N6S2. The molecule has 0 fully saturated rings. The zero-order chi connectivity index (χ0) is 13.1. The topological polar surface area (TPSA) is 82.5 Å². The zero-order valence-electron chi connectivity index (χ0n) is 10.1. The van der Waals surface area contributed by atoms with Crippen molar-refractivity contribution in [2.75, 3.05) is 6.54 Å². The standard InChI is InChI=1S/C11H12N6S2/c12-5-6-17-11(14-15-16-17)18-7-10-13-8-3-1-2-4-9(8)19-10/h1-4H,5-7,12H2.